The monoisotopic (exact) mass is 521 g/mol. The van der Waals surface area contributed by atoms with Crippen molar-refractivity contribution in [3.63, 3.8) is 0 Å². The van der Waals surface area contributed by atoms with E-state index in [9.17, 15) is 14.4 Å². The number of ether oxygens (including phenoxy) is 1. The van der Waals surface area contributed by atoms with Gasteiger partial charge in [0.15, 0.2) is 5.69 Å². The van der Waals surface area contributed by atoms with Crippen LogP contribution in [-0.4, -0.2) is 34.7 Å². The summed E-state index contributed by atoms with van der Waals surface area (Å²) in [5.41, 5.74) is 13.2. The summed E-state index contributed by atoms with van der Waals surface area (Å²) < 4.78 is 9.59. The fraction of sp³-hybridized carbons (Fsp3) is 0.333. The number of carbonyl (C=O) groups excluding carboxylic acids is 3. The molecule has 0 radical (unpaired) electrons. The Morgan fingerprint density at radius 1 is 1.14 bits per heavy atom. The van der Waals surface area contributed by atoms with Crippen LogP contribution in [-0.2, 0) is 4.79 Å². The Labute approximate surface area is 220 Å². The largest absolute Gasteiger partial charge is 0.494 e. The maximum atomic E-state index is 14.1. The smallest absolute Gasteiger partial charge is 0.273 e. The lowest BCUT2D eigenvalue weighted by Crippen LogP contribution is -2.46. The molecule has 1 aromatic heterocycles. The molecule has 3 aromatic rings. The van der Waals surface area contributed by atoms with E-state index >= 15 is 0 Å². The number of amides is 3. The Bertz CT molecular complexity index is 1280. The number of anilines is 2. The second-order valence-corrected chi connectivity index (χ2v) is 9.77. The number of aromatic nitrogens is 1. The van der Waals surface area contributed by atoms with Crippen molar-refractivity contribution in [1.29, 1.82) is 0 Å². The lowest BCUT2D eigenvalue weighted by Gasteiger charge is -2.33. The van der Waals surface area contributed by atoms with Gasteiger partial charge in [-0.25, -0.2) is 0 Å². The molecule has 0 spiro atoms. The van der Waals surface area contributed by atoms with Crippen LogP contribution in [0.1, 0.15) is 69.9 Å². The van der Waals surface area contributed by atoms with Gasteiger partial charge in [-0.1, -0.05) is 43.2 Å². The summed E-state index contributed by atoms with van der Waals surface area (Å²) in [6, 6.07) is 13.5. The van der Waals surface area contributed by atoms with E-state index in [0.717, 1.165) is 42.8 Å². The zero-order valence-corrected chi connectivity index (χ0v) is 21.7. The Kier molecular flexibility index (Phi) is 8.08. The van der Waals surface area contributed by atoms with E-state index in [4.69, 9.17) is 16.2 Å². The fourth-order valence-corrected chi connectivity index (χ4v) is 5.36. The number of benzene rings is 2. The lowest BCUT2D eigenvalue weighted by molar-refractivity contribution is -0.123. The van der Waals surface area contributed by atoms with E-state index < -0.39 is 17.9 Å². The van der Waals surface area contributed by atoms with Crippen LogP contribution in [0.4, 0.5) is 11.4 Å². The third-order valence-electron chi connectivity index (χ3n) is 6.46. The molecule has 37 heavy (non-hydrogen) atoms. The van der Waals surface area contributed by atoms with Gasteiger partial charge in [0.05, 0.1) is 12.3 Å². The summed E-state index contributed by atoms with van der Waals surface area (Å²) >= 11 is 0.789. The van der Waals surface area contributed by atoms with Gasteiger partial charge in [-0.3, -0.25) is 19.3 Å². The number of nitrogen functional groups attached to an aromatic ring is 1. The number of hydrogen-bond donors (Lipinski definition) is 3. The molecule has 2 aromatic carbocycles. The molecule has 1 heterocycles. The second kappa shape index (κ2) is 11.4. The second-order valence-electron chi connectivity index (χ2n) is 8.99. The molecule has 3 amide bonds. The van der Waals surface area contributed by atoms with Crippen molar-refractivity contribution in [3.8, 4) is 5.75 Å². The Balaban J connectivity index is 1.85. The normalized spacial score (nSPS) is 14.2. The summed E-state index contributed by atoms with van der Waals surface area (Å²) in [4.78, 5) is 41.3. The van der Waals surface area contributed by atoms with Gasteiger partial charge in [-0.05, 0) is 67.5 Å². The molecule has 1 fully saturated rings. The minimum atomic E-state index is -1.01. The van der Waals surface area contributed by atoms with Crippen molar-refractivity contribution in [1.82, 2.24) is 9.69 Å². The third kappa shape index (κ3) is 5.59. The van der Waals surface area contributed by atoms with Gasteiger partial charge >= 0.3 is 0 Å². The fourth-order valence-electron chi connectivity index (χ4n) is 4.62. The summed E-state index contributed by atoms with van der Waals surface area (Å²) in [6.07, 6.45) is 3.88. The first kappa shape index (κ1) is 26.2. The molecule has 194 valence electrons. The average molecular weight is 522 g/mol. The molecule has 1 aliphatic carbocycles. The first-order valence-corrected chi connectivity index (χ1v) is 13.1. The van der Waals surface area contributed by atoms with Crippen LogP contribution in [0.2, 0.25) is 0 Å². The topological polar surface area (TPSA) is 141 Å². The maximum absolute atomic E-state index is 14.1. The number of nitrogens with zero attached hydrogens (tertiary/aromatic N) is 2. The maximum Gasteiger partial charge on any atom is 0.273 e. The first-order valence-electron chi connectivity index (χ1n) is 12.3. The van der Waals surface area contributed by atoms with Crippen LogP contribution in [0.3, 0.4) is 0 Å². The summed E-state index contributed by atoms with van der Waals surface area (Å²) in [5.74, 6) is -1.01. The highest BCUT2D eigenvalue weighted by Crippen LogP contribution is 2.35. The van der Waals surface area contributed by atoms with Crippen molar-refractivity contribution >= 4 is 40.6 Å². The zero-order chi connectivity index (χ0) is 26.5. The minimum absolute atomic E-state index is 0.0430. The van der Waals surface area contributed by atoms with Crippen LogP contribution in [0.25, 0.3) is 0 Å². The van der Waals surface area contributed by atoms with Crippen molar-refractivity contribution in [3.05, 3.63) is 70.2 Å². The molecule has 4 rings (SSSR count). The van der Waals surface area contributed by atoms with E-state index in [2.05, 4.69) is 9.69 Å². The summed E-state index contributed by atoms with van der Waals surface area (Å²) in [6.45, 7) is 4.26. The number of para-hydroxylation sites is 1. The lowest BCUT2D eigenvalue weighted by atomic mass is 10.0. The van der Waals surface area contributed by atoms with Crippen LogP contribution in [0, 0.1) is 6.92 Å². The highest BCUT2D eigenvalue weighted by atomic mass is 32.1. The van der Waals surface area contributed by atoms with Gasteiger partial charge < -0.3 is 21.5 Å². The Hall–Kier alpha value is -3.92. The predicted molar refractivity (Wildman–Crippen MR) is 144 cm³/mol. The molecule has 10 heteroatoms. The van der Waals surface area contributed by atoms with E-state index in [1.54, 1.807) is 36.4 Å². The van der Waals surface area contributed by atoms with Crippen molar-refractivity contribution in [2.24, 2.45) is 5.73 Å². The number of carbonyl (C=O) groups is 3. The molecule has 1 saturated carbocycles. The average Bonchev–Trinajstić information content (AvgIpc) is 3.53. The summed E-state index contributed by atoms with van der Waals surface area (Å²) in [7, 11) is 0. The molecule has 0 unspecified atom stereocenters. The molecule has 9 nitrogen and oxygen atoms in total. The Morgan fingerprint density at radius 3 is 2.41 bits per heavy atom. The molecule has 0 bridgehead atoms. The molecule has 1 atom stereocenters. The van der Waals surface area contributed by atoms with Crippen molar-refractivity contribution < 1.29 is 19.1 Å². The van der Waals surface area contributed by atoms with E-state index in [0.29, 0.717) is 23.6 Å². The number of hydrogen-bond acceptors (Lipinski definition) is 7. The number of primary amides is 1. The Morgan fingerprint density at radius 2 is 1.81 bits per heavy atom. The van der Waals surface area contributed by atoms with E-state index in [-0.39, 0.29) is 28.2 Å². The number of aryl methyl sites for hydroxylation is 1. The van der Waals surface area contributed by atoms with Crippen LogP contribution >= 0.6 is 11.5 Å². The quantitative estimate of drug-likeness (QED) is 0.389. The standard InChI is InChI=1S/C27H31N5O4S/c1-3-36-19-14-12-17(13-15-19)23(26(34)30-18-9-5-6-10-18)32(20-11-7-4-8-16(20)2)27(35)24-21(28)22(25(29)33)31-37-24/h4,7-8,11-15,18,23H,3,5-6,9-10,28H2,1-2H3,(H2,29,33)(H,30,34)/t23-/m1/s1. The molecular formula is C27H31N5O4S. The summed E-state index contributed by atoms with van der Waals surface area (Å²) in [5, 5.41) is 3.15. The van der Waals surface area contributed by atoms with Gasteiger partial charge in [0.1, 0.15) is 16.7 Å². The van der Waals surface area contributed by atoms with Gasteiger partial charge in [-0.2, -0.15) is 4.37 Å². The first-order chi connectivity index (χ1) is 17.8. The number of rotatable bonds is 9. The van der Waals surface area contributed by atoms with Crippen LogP contribution < -0.4 is 26.4 Å². The van der Waals surface area contributed by atoms with Gasteiger partial charge in [0.2, 0.25) is 5.91 Å². The molecule has 1 aliphatic rings. The van der Waals surface area contributed by atoms with E-state index in [1.165, 1.54) is 4.90 Å². The highest BCUT2D eigenvalue weighted by Gasteiger charge is 2.37. The third-order valence-corrected chi connectivity index (χ3v) is 7.32. The minimum Gasteiger partial charge on any atom is -0.494 e. The van der Waals surface area contributed by atoms with Crippen LogP contribution in [0.15, 0.2) is 48.5 Å². The molecule has 0 aliphatic heterocycles. The highest BCUT2D eigenvalue weighted by molar-refractivity contribution is 7.09. The van der Waals surface area contributed by atoms with Crippen LogP contribution in [0.5, 0.6) is 5.75 Å². The van der Waals surface area contributed by atoms with Gasteiger partial charge in [0.25, 0.3) is 11.8 Å². The number of nitrogens with one attached hydrogen (secondary N) is 1. The molecule has 5 N–H and O–H groups in total. The van der Waals surface area contributed by atoms with Crippen molar-refractivity contribution in [2.75, 3.05) is 17.2 Å². The van der Waals surface area contributed by atoms with Gasteiger partial charge in [-0.15, -0.1) is 0 Å². The van der Waals surface area contributed by atoms with Gasteiger partial charge in [0, 0.05) is 11.7 Å². The van der Waals surface area contributed by atoms with Crippen molar-refractivity contribution in [2.45, 2.75) is 51.6 Å². The predicted octanol–water partition coefficient (Wildman–Crippen LogP) is 3.98. The molecular weight excluding hydrogens is 490 g/mol. The SMILES string of the molecule is CCOc1ccc([C@H](C(=O)NC2CCCC2)N(C(=O)c2snc(C(N)=O)c2N)c2ccccc2C)cc1. The molecule has 0 saturated heterocycles. The number of nitrogens with two attached hydrogens (primary N) is 2. The van der Waals surface area contributed by atoms with E-state index in [1.807, 2.05) is 26.0 Å². The zero-order valence-electron chi connectivity index (χ0n) is 20.9.